The Morgan fingerprint density at radius 1 is 1.29 bits per heavy atom. The number of anilines is 1. The highest BCUT2D eigenvalue weighted by molar-refractivity contribution is 5.81. The van der Waals surface area contributed by atoms with Gasteiger partial charge in [0.15, 0.2) is 5.65 Å². The Morgan fingerprint density at radius 3 is 2.76 bits per heavy atom. The molecular formula is C16H15N5. The van der Waals surface area contributed by atoms with Crippen LogP contribution >= 0.6 is 0 Å². The average Bonchev–Trinajstić information content (AvgIpc) is 2.80. The van der Waals surface area contributed by atoms with E-state index in [0.717, 1.165) is 28.0 Å². The normalized spacial score (nSPS) is 10.5. The van der Waals surface area contributed by atoms with Gasteiger partial charge in [-0.25, -0.2) is 4.98 Å². The van der Waals surface area contributed by atoms with Gasteiger partial charge in [0.1, 0.15) is 0 Å². The van der Waals surface area contributed by atoms with Crippen LogP contribution in [0.15, 0.2) is 36.5 Å². The lowest BCUT2D eigenvalue weighted by molar-refractivity contribution is 0.774. The number of rotatable bonds is 3. The van der Waals surface area contributed by atoms with Crippen molar-refractivity contribution in [1.29, 1.82) is 5.26 Å². The molecule has 0 aliphatic rings. The van der Waals surface area contributed by atoms with Crippen molar-refractivity contribution in [2.24, 2.45) is 7.05 Å². The lowest BCUT2D eigenvalue weighted by Gasteiger charge is -2.06. The van der Waals surface area contributed by atoms with Crippen molar-refractivity contribution in [3.8, 4) is 6.07 Å². The highest BCUT2D eigenvalue weighted by atomic mass is 15.3. The number of benzene rings is 1. The van der Waals surface area contributed by atoms with Crippen LogP contribution in [-0.2, 0) is 13.6 Å². The number of nitriles is 1. The number of hydrogen-bond donors (Lipinski definition) is 1. The van der Waals surface area contributed by atoms with Crippen LogP contribution in [0, 0.1) is 18.3 Å². The molecule has 0 aliphatic heterocycles. The largest absolute Gasteiger partial charge is 0.380 e. The first kappa shape index (κ1) is 13.1. The van der Waals surface area contributed by atoms with Gasteiger partial charge in [0.25, 0.3) is 0 Å². The van der Waals surface area contributed by atoms with Crippen molar-refractivity contribution in [3.05, 3.63) is 53.3 Å². The van der Waals surface area contributed by atoms with E-state index in [0.29, 0.717) is 12.1 Å². The summed E-state index contributed by atoms with van der Waals surface area (Å²) in [5.74, 6) is 0. The molecule has 0 saturated carbocycles. The van der Waals surface area contributed by atoms with E-state index in [1.807, 2.05) is 44.4 Å². The molecule has 0 amide bonds. The number of aryl methyl sites for hydroxylation is 2. The summed E-state index contributed by atoms with van der Waals surface area (Å²) in [5.41, 5.74) is 4.62. The quantitative estimate of drug-likeness (QED) is 0.799. The Balaban J connectivity index is 1.78. The summed E-state index contributed by atoms with van der Waals surface area (Å²) in [4.78, 5) is 4.44. The van der Waals surface area contributed by atoms with Gasteiger partial charge in [0, 0.05) is 19.0 Å². The Hall–Kier alpha value is -2.87. The number of nitrogens with one attached hydrogen (secondary N) is 1. The Bertz CT molecular complexity index is 824. The van der Waals surface area contributed by atoms with Crippen molar-refractivity contribution in [2.45, 2.75) is 13.5 Å². The topological polar surface area (TPSA) is 66.5 Å². The van der Waals surface area contributed by atoms with E-state index in [-0.39, 0.29) is 0 Å². The summed E-state index contributed by atoms with van der Waals surface area (Å²) in [5, 5.41) is 17.5. The molecule has 0 fully saturated rings. The Kier molecular flexibility index (Phi) is 3.28. The standard InChI is InChI=1S/C16H15N5/c1-11-15-7-14(10-19-16(15)21(2)20-11)18-9-13-5-3-12(8-17)4-6-13/h3-7,10,18H,9H2,1-2H3. The highest BCUT2D eigenvalue weighted by Gasteiger charge is 2.06. The zero-order valence-corrected chi connectivity index (χ0v) is 12.0. The average molecular weight is 277 g/mol. The van der Waals surface area contributed by atoms with Crippen LogP contribution in [0.3, 0.4) is 0 Å². The first-order valence-electron chi connectivity index (χ1n) is 6.69. The van der Waals surface area contributed by atoms with Gasteiger partial charge < -0.3 is 5.32 Å². The zero-order chi connectivity index (χ0) is 14.8. The fraction of sp³-hybridized carbons (Fsp3) is 0.188. The van der Waals surface area contributed by atoms with Crippen molar-refractivity contribution in [3.63, 3.8) is 0 Å². The molecule has 2 aromatic heterocycles. The summed E-state index contributed by atoms with van der Waals surface area (Å²) in [6.07, 6.45) is 1.81. The first-order valence-corrected chi connectivity index (χ1v) is 6.69. The van der Waals surface area contributed by atoms with Gasteiger partial charge >= 0.3 is 0 Å². The maximum absolute atomic E-state index is 8.78. The number of fused-ring (bicyclic) bond motifs is 1. The fourth-order valence-electron chi connectivity index (χ4n) is 2.31. The van der Waals surface area contributed by atoms with Gasteiger partial charge in [-0.2, -0.15) is 10.4 Å². The SMILES string of the molecule is Cc1nn(C)c2ncc(NCc3ccc(C#N)cc3)cc12. The fourth-order valence-corrected chi connectivity index (χ4v) is 2.31. The molecule has 0 saturated heterocycles. The molecule has 21 heavy (non-hydrogen) atoms. The second kappa shape index (κ2) is 5.25. The predicted molar refractivity (Wildman–Crippen MR) is 81.7 cm³/mol. The third-order valence-electron chi connectivity index (χ3n) is 3.44. The Morgan fingerprint density at radius 2 is 2.05 bits per heavy atom. The van der Waals surface area contributed by atoms with E-state index in [9.17, 15) is 0 Å². The van der Waals surface area contributed by atoms with Crippen LogP contribution in [0.1, 0.15) is 16.8 Å². The number of pyridine rings is 1. The maximum Gasteiger partial charge on any atom is 0.157 e. The predicted octanol–water partition coefficient (Wildman–Crippen LogP) is 2.76. The molecule has 0 atom stereocenters. The number of aromatic nitrogens is 3. The van der Waals surface area contributed by atoms with Gasteiger partial charge in [-0.1, -0.05) is 12.1 Å². The zero-order valence-electron chi connectivity index (χ0n) is 12.0. The molecule has 5 nitrogen and oxygen atoms in total. The van der Waals surface area contributed by atoms with Crippen molar-refractivity contribution < 1.29 is 0 Å². The number of hydrogen-bond acceptors (Lipinski definition) is 4. The molecule has 3 rings (SSSR count). The van der Waals surface area contributed by atoms with Crippen LogP contribution in [0.25, 0.3) is 11.0 Å². The van der Waals surface area contributed by atoms with Gasteiger partial charge in [0.05, 0.1) is 29.2 Å². The summed E-state index contributed by atoms with van der Waals surface area (Å²) in [6.45, 7) is 2.67. The van der Waals surface area contributed by atoms with Crippen LogP contribution in [0.5, 0.6) is 0 Å². The minimum absolute atomic E-state index is 0.674. The second-order valence-corrected chi connectivity index (χ2v) is 4.97. The molecule has 5 heteroatoms. The van der Waals surface area contributed by atoms with Crippen LogP contribution in [0.2, 0.25) is 0 Å². The third kappa shape index (κ3) is 2.56. The third-order valence-corrected chi connectivity index (χ3v) is 3.44. The molecule has 0 unspecified atom stereocenters. The summed E-state index contributed by atoms with van der Waals surface area (Å²) in [7, 11) is 1.90. The Labute approximate surface area is 122 Å². The van der Waals surface area contributed by atoms with Gasteiger partial charge in [0.2, 0.25) is 0 Å². The molecule has 104 valence electrons. The smallest absolute Gasteiger partial charge is 0.157 e. The van der Waals surface area contributed by atoms with Crippen molar-refractivity contribution in [2.75, 3.05) is 5.32 Å². The van der Waals surface area contributed by atoms with Crippen LogP contribution in [-0.4, -0.2) is 14.8 Å². The summed E-state index contributed by atoms with van der Waals surface area (Å²) >= 11 is 0. The molecule has 0 spiro atoms. The monoisotopic (exact) mass is 277 g/mol. The minimum atomic E-state index is 0.674. The molecule has 2 heterocycles. The van der Waals surface area contributed by atoms with E-state index >= 15 is 0 Å². The summed E-state index contributed by atoms with van der Waals surface area (Å²) in [6, 6.07) is 11.7. The second-order valence-electron chi connectivity index (χ2n) is 4.97. The van der Waals surface area contributed by atoms with E-state index in [2.05, 4.69) is 27.5 Å². The lowest BCUT2D eigenvalue weighted by Crippen LogP contribution is -2.00. The first-order chi connectivity index (χ1) is 10.2. The molecular weight excluding hydrogens is 262 g/mol. The van der Waals surface area contributed by atoms with Crippen molar-refractivity contribution >= 4 is 16.7 Å². The van der Waals surface area contributed by atoms with Crippen LogP contribution < -0.4 is 5.32 Å². The lowest BCUT2D eigenvalue weighted by atomic mass is 10.1. The van der Waals surface area contributed by atoms with E-state index in [4.69, 9.17) is 5.26 Å². The molecule has 3 aromatic rings. The van der Waals surface area contributed by atoms with Gasteiger partial charge in [-0.15, -0.1) is 0 Å². The van der Waals surface area contributed by atoms with E-state index in [1.54, 1.807) is 4.68 Å². The minimum Gasteiger partial charge on any atom is -0.380 e. The summed E-state index contributed by atoms with van der Waals surface area (Å²) < 4.78 is 1.79. The number of nitrogens with zero attached hydrogens (tertiary/aromatic N) is 4. The molecule has 1 N–H and O–H groups in total. The van der Waals surface area contributed by atoms with E-state index < -0.39 is 0 Å². The van der Waals surface area contributed by atoms with E-state index in [1.165, 1.54) is 0 Å². The molecule has 0 bridgehead atoms. The van der Waals surface area contributed by atoms with Gasteiger partial charge in [-0.05, 0) is 30.7 Å². The van der Waals surface area contributed by atoms with Crippen molar-refractivity contribution in [1.82, 2.24) is 14.8 Å². The highest BCUT2D eigenvalue weighted by Crippen LogP contribution is 2.19. The van der Waals surface area contributed by atoms with Crippen LogP contribution in [0.4, 0.5) is 5.69 Å². The molecule has 0 radical (unpaired) electrons. The maximum atomic E-state index is 8.78. The molecule has 1 aromatic carbocycles. The van der Waals surface area contributed by atoms with Gasteiger partial charge in [-0.3, -0.25) is 4.68 Å². The molecule has 0 aliphatic carbocycles.